The van der Waals surface area contributed by atoms with Crippen molar-refractivity contribution in [3.63, 3.8) is 0 Å². The number of rotatable bonds is 5. The van der Waals surface area contributed by atoms with Crippen LogP contribution < -0.4 is 10.1 Å². The molecular weight excluding hydrogens is 477 g/mol. The van der Waals surface area contributed by atoms with Gasteiger partial charge in [-0.15, -0.1) is 24.0 Å². The molecule has 158 valence electrons. The van der Waals surface area contributed by atoms with Crippen molar-refractivity contribution in [3.05, 3.63) is 47.8 Å². The van der Waals surface area contributed by atoms with Crippen LogP contribution in [0.3, 0.4) is 0 Å². The molecule has 0 spiro atoms. The fraction of sp³-hybridized carbons (Fsp3) is 0.545. The van der Waals surface area contributed by atoms with E-state index in [4.69, 9.17) is 9.73 Å². The number of fused-ring (bicyclic) bond motifs is 1. The summed E-state index contributed by atoms with van der Waals surface area (Å²) in [6.07, 6.45) is 7.45. The fourth-order valence-electron chi connectivity index (χ4n) is 4.33. The maximum atomic E-state index is 5.80. The zero-order valence-electron chi connectivity index (χ0n) is 17.4. The van der Waals surface area contributed by atoms with E-state index < -0.39 is 0 Å². The molecule has 0 saturated carbocycles. The van der Waals surface area contributed by atoms with Crippen LogP contribution in [0, 0.1) is 5.92 Å². The van der Waals surface area contributed by atoms with E-state index in [0.717, 1.165) is 57.3 Å². The van der Waals surface area contributed by atoms with Gasteiger partial charge in [0, 0.05) is 45.3 Å². The largest absolute Gasteiger partial charge is 0.493 e. The molecule has 1 fully saturated rings. The minimum atomic E-state index is 0. The summed E-state index contributed by atoms with van der Waals surface area (Å²) in [5, 5.41) is 7.80. The molecule has 1 saturated heterocycles. The standard InChI is InChI=1S/C22H31N5O.HI/c1-3-23-22(24-14-19-9-11-28-21-7-5-4-6-20(19)21)27-10-8-17(16-27)12-18-13-25-26(2)15-18;/h4-7,13,15,17,19H,3,8-12,14,16H2,1-2H3,(H,23,24);1H. The number of ether oxygens (including phenoxy) is 1. The zero-order valence-corrected chi connectivity index (χ0v) is 19.7. The van der Waals surface area contributed by atoms with Crippen molar-refractivity contribution in [3.8, 4) is 5.75 Å². The van der Waals surface area contributed by atoms with Gasteiger partial charge in [0.2, 0.25) is 0 Å². The molecule has 2 aliphatic heterocycles. The lowest BCUT2D eigenvalue weighted by Crippen LogP contribution is -2.40. The predicted molar refractivity (Wildman–Crippen MR) is 127 cm³/mol. The minimum absolute atomic E-state index is 0. The third kappa shape index (κ3) is 5.43. The van der Waals surface area contributed by atoms with Crippen molar-refractivity contribution in [2.24, 2.45) is 18.0 Å². The zero-order chi connectivity index (χ0) is 19.3. The number of nitrogens with one attached hydrogen (secondary N) is 1. The summed E-state index contributed by atoms with van der Waals surface area (Å²) in [7, 11) is 1.98. The van der Waals surface area contributed by atoms with Gasteiger partial charge in [0.1, 0.15) is 5.75 Å². The Hall–Kier alpha value is -1.77. The van der Waals surface area contributed by atoms with E-state index in [1.807, 2.05) is 24.0 Å². The summed E-state index contributed by atoms with van der Waals surface area (Å²) < 4.78 is 7.69. The molecule has 29 heavy (non-hydrogen) atoms. The Morgan fingerprint density at radius 3 is 2.97 bits per heavy atom. The number of hydrogen-bond acceptors (Lipinski definition) is 3. The molecule has 2 unspecified atom stereocenters. The lowest BCUT2D eigenvalue weighted by molar-refractivity contribution is 0.268. The molecule has 2 atom stereocenters. The lowest BCUT2D eigenvalue weighted by atomic mass is 9.93. The summed E-state index contributed by atoms with van der Waals surface area (Å²) in [6, 6.07) is 8.39. The van der Waals surface area contributed by atoms with E-state index in [1.54, 1.807) is 0 Å². The van der Waals surface area contributed by atoms with Gasteiger partial charge >= 0.3 is 0 Å². The first-order chi connectivity index (χ1) is 13.7. The molecule has 3 heterocycles. The Labute approximate surface area is 190 Å². The maximum Gasteiger partial charge on any atom is 0.193 e. The van der Waals surface area contributed by atoms with E-state index in [9.17, 15) is 0 Å². The van der Waals surface area contributed by atoms with Gasteiger partial charge in [-0.25, -0.2) is 0 Å². The van der Waals surface area contributed by atoms with Crippen LogP contribution in [0.1, 0.15) is 36.8 Å². The molecule has 0 radical (unpaired) electrons. The molecule has 0 aliphatic carbocycles. The smallest absolute Gasteiger partial charge is 0.193 e. The van der Waals surface area contributed by atoms with Crippen molar-refractivity contribution in [2.75, 3.05) is 32.8 Å². The Bertz CT molecular complexity index is 821. The van der Waals surface area contributed by atoms with Crippen LogP contribution in [0.2, 0.25) is 0 Å². The quantitative estimate of drug-likeness (QED) is 0.381. The van der Waals surface area contributed by atoms with Crippen LogP contribution in [0.25, 0.3) is 0 Å². The number of nitrogens with zero attached hydrogens (tertiary/aromatic N) is 4. The number of guanidine groups is 1. The third-order valence-electron chi connectivity index (χ3n) is 5.75. The predicted octanol–water partition coefficient (Wildman–Crippen LogP) is 3.43. The number of para-hydroxylation sites is 1. The van der Waals surface area contributed by atoms with Crippen LogP contribution in [0.15, 0.2) is 41.7 Å². The molecular formula is C22H32IN5O. The summed E-state index contributed by atoms with van der Waals surface area (Å²) in [5.74, 6) is 3.18. The average Bonchev–Trinajstić information content (AvgIpc) is 3.34. The van der Waals surface area contributed by atoms with Crippen LogP contribution in [-0.4, -0.2) is 53.4 Å². The second kappa shape index (κ2) is 10.3. The highest BCUT2D eigenvalue weighted by molar-refractivity contribution is 14.0. The third-order valence-corrected chi connectivity index (χ3v) is 5.75. The average molecular weight is 509 g/mol. The van der Waals surface area contributed by atoms with Gasteiger partial charge in [0.05, 0.1) is 12.8 Å². The minimum Gasteiger partial charge on any atom is -0.493 e. The van der Waals surface area contributed by atoms with Crippen molar-refractivity contribution in [1.82, 2.24) is 20.0 Å². The molecule has 1 aromatic heterocycles. The number of aliphatic imine (C=N–C) groups is 1. The molecule has 0 bridgehead atoms. The highest BCUT2D eigenvalue weighted by Gasteiger charge is 2.26. The highest BCUT2D eigenvalue weighted by Crippen LogP contribution is 2.33. The molecule has 1 N–H and O–H groups in total. The number of aryl methyl sites for hydroxylation is 1. The molecule has 1 aromatic carbocycles. The van der Waals surface area contributed by atoms with Crippen molar-refractivity contribution in [2.45, 2.75) is 32.1 Å². The summed E-state index contributed by atoms with van der Waals surface area (Å²) in [6.45, 7) is 6.76. The molecule has 0 amide bonds. The first kappa shape index (κ1) is 21.9. The van der Waals surface area contributed by atoms with Gasteiger partial charge in [-0.3, -0.25) is 9.67 Å². The topological polar surface area (TPSA) is 54.7 Å². The number of halogens is 1. The molecule has 6 nitrogen and oxygen atoms in total. The Balaban J connectivity index is 0.00000240. The van der Waals surface area contributed by atoms with Gasteiger partial charge in [-0.1, -0.05) is 18.2 Å². The second-order valence-corrected chi connectivity index (χ2v) is 7.89. The number of benzene rings is 1. The van der Waals surface area contributed by atoms with Crippen molar-refractivity contribution >= 4 is 29.9 Å². The Morgan fingerprint density at radius 2 is 2.17 bits per heavy atom. The summed E-state index contributed by atoms with van der Waals surface area (Å²) in [5.41, 5.74) is 2.62. The number of hydrogen-bond donors (Lipinski definition) is 1. The van der Waals surface area contributed by atoms with Crippen molar-refractivity contribution in [1.29, 1.82) is 0 Å². The van der Waals surface area contributed by atoms with Gasteiger partial charge < -0.3 is 15.0 Å². The van der Waals surface area contributed by atoms with E-state index in [-0.39, 0.29) is 24.0 Å². The number of aromatic nitrogens is 2. The highest BCUT2D eigenvalue weighted by atomic mass is 127. The Morgan fingerprint density at radius 1 is 1.31 bits per heavy atom. The van der Waals surface area contributed by atoms with Crippen LogP contribution in [-0.2, 0) is 13.5 Å². The maximum absolute atomic E-state index is 5.80. The second-order valence-electron chi connectivity index (χ2n) is 7.89. The first-order valence-corrected chi connectivity index (χ1v) is 10.5. The fourth-order valence-corrected chi connectivity index (χ4v) is 4.33. The normalized spacial score (nSPS) is 21.3. The van der Waals surface area contributed by atoms with E-state index in [0.29, 0.717) is 11.8 Å². The molecule has 2 aliphatic rings. The van der Waals surface area contributed by atoms with Crippen LogP contribution in [0.4, 0.5) is 0 Å². The van der Waals surface area contributed by atoms with Gasteiger partial charge in [0.15, 0.2) is 5.96 Å². The van der Waals surface area contributed by atoms with Crippen molar-refractivity contribution < 1.29 is 4.74 Å². The summed E-state index contributed by atoms with van der Waals surface area (Å²) in [4.78, 5) is 7.45. The first-order valence-electron chi connectivity index (χ1n) is 10.5. The SMILES string of the molecule is CCNC(=NCC1CCOc2ccccc21)N1CCC(Cc2cnn(C)c2)C1.I. The van der Waals surface area contributed by atoms with E-state index >= 15 is 0 Å². The number of likely N-dealkylation sites (tertiary alicyclic amines) is 1. The van der Waals surface area contributed by atoms with E-state index in [2.05, 4.69) is 46.6 Å². The molecule has 2 aromatic rings. The monoisotopic (exact) mass is 509 g/mol. The Kier molecular flexibility index (Phi) is 7.80. The summed E-state index contributed by atoms with van der Waals surface area (Å²) >= 11 is 0. The van der Waals surface area contributed by atoms with Gasteiger partial charge in [-0.2, -0.15) is 5.10 Å². The van der Waals surface area contributed by atoms with Gasteiger partial charge in [-0.05, 0) is 49.3 Å². The molecule has 7 heteroatoms. The lowest BCUT2D eigenvalue weighted by Gasteiger charge is -2.26. The van der Waals surface area contributed by atoms with Crippen LogP contribution in [0.5, 0.6) is 5.75 Å². The molecule has 4 rings (SSSR count). The van der Waals surface area contributed by atoms with Crippen LogP contribution >= 0.6 is 24.0 Å². The van der Waals surface area contributed by atoms with E-state index in [1.165, 1.54) is 17.5 Å². The van der Waals surface area contributed by atoms with Gasteiger partial charge in [0.25, 0.3) is 0 Å².